The molecule has 0 aliphatic heterocycles. The van der Waals surface area contributed by atoms with Gasteiger partial charge in [0.05, 0.1) is 17.9 Å². The van der Waals surface area contributed by atoms with Gasteiger partial charge in [-0.15, -0.1) is 12.4 Å². The summed E-state index contributed by atoms with van der Waals surface area (Å²) >= 11 is 0. The van der Waals surface area contributed by atoms with Gasteiger partial charge in [-0.3, -0.25) is 4.79 Å². The number of rotatable bonds is 6. The van der Waals surface area contributed by atoms with Crippen molar-refractivity contribution in [2.75, 3.05) is 7.05 Å². The van der Waals surface area contributed by atoms with Crippen molar-refractivity contribution < 1.29 is 4.79 Å². The fourth-order valence-corrected chi connectivity index (χ4v) is 2.23. The van der Waals surface area contributed by atoms with Crippen molar-refractivity contribution in [3.05, 3.63) is 48.3 Å². The van der Waals surface area contributed by atoms with Crippen molar-refractivity contribution in [1.82, 2.24) is 14.7 Å². The molecule has 6 heteroatoms. The molecule has 0 aliphatic rings. The highest BCUT2D eigenvalue weighted by Gasteiger charge is 2.17. The lowest BCUT2D eigenvalue weighted by Gasteiger charge is -2.20. The van der Waals surface area contributed by atoms with Crippen molar-refractivity contribution in [3.8, 4) is 5.69 Å². The summed E-state index contributed by atoms with van der Waals surface area (Å²) in [6, 6.07) is 9.47. The van der Waals surface area contributed by atoms with E-state index < -0.39 is 6.04 Å². The summed E-state index contributed by atoms with van der Waals surface area (Å²) in [6.45, 7) is 2.54. The van der Waals surface area contributed by atoms with Crippen LogP contribution in [-0.2, 0) is 11.3 Å². The van der Waals surface area contributed by atoms with E-state index in [9.17, 15) is 4.79 Å². The van der Waals surface area contributed by atoms with Crippen LogP contribution in [0.2, 0.25) is 0 Å². The molecule has 1 heterocycles. The predicted molar refractivity (Wildman–Crippen MR) is 90.2 cm³/mol. The first-order valence-corrected chi connectivity index (χ1v) is 7.21. The quantitative estimate of drug-likeness (QED) is 0.888. The van der Waals surface area contributed by atoms with Gasteiger partial charge in [0.1, 0.15) is 0 Å². The zero-order chi connectivity index (χ0) is 15.2. The van der Waals surface area contributed by atoms with Crippen molar-refractivity contribution in [1.29, 1.82) is 0 Å². The van der Waals surface area contributed by atoms with Gasteiger partial charge in [-0.25, -0.2) is 4.68 Å². The number of hydrogen-bond donors (Lipinski definition) is 1. The van der Waals surface area contributed by atoms with Crippen LogP contribution in [0.1, 0.15) is 25.3 Å². The second-order valence-electron chi connectivity index (χ2n) is 5.22. The maximum atomic E-state index is 12.1. The van der Waals surface area contributed by atoms with Gasteiger partial charge in [0, 0.05) is 25.4 Å². The van der Waals surface area contributed by atoms with Gasteiger partial charge in [-0.2, -0.15) is 5.10 Å². The Balaban J connectivity index is 0.00000242. The number of hydrogen-bond acceptors (Lipinski definition) is 3. The van der Waals surface area contributed by atoms with E-state index in [2.05, 4.69) is 5.10 Å². The van der Waals surface area contributed by atoms with Gasteiger partial charge in [0.25, 0.3) is 0 Å². The van der Waals surface area contributed by atoms with Crippen LogP contribution in [0.5, 0.6) is 0 Å². The Kier molecular flexibility index (Phi) is 7.08. The minimum absolute atomic E-state index is 0. The van der Waals surface area contributed by atoms with E-state index in [1.807, 2.05) is 43.5 Å². The maximum Gasteiger partial charge on any atom is 0.239 e. The van der Waals surface area contributed by atoms with Gasteiger partial charge in [0.15, 0.2) is 0 Å². The first kappa shape index (κ1) is 18.2. The highest BCUT2D eigenvalue weighted by atomic mass is 35.5. The molecular formula is C16H23ClN4O. The Bertz CT molecular complexity index is 585. The molecule has 1 aromatic carbocycles. The van der Waals surface area contributed by atoms with Crippen LogP contribution in [-0.4, -0.2) is 33.7 Å². The molecule has 0 spiro atoms. The Morgan fingerprint density at radius 2 is 2.05 bits per heavy atom. The van der Waals surface area contributed by atoms with Gasteiger partial charge in [0.2, 0.25) is 5.91 Å². The molecule has 0 radical (unpaired) electrons. The van der Waals surface area contributed by atoms with Gasteiger partial charge in [-0.05, 0) is 18.6 Å². The molecule has 0 aliphatic carbocycles. The molecule has 0 saturated carbocycles. The van der Waals surface area contributed by atoms with Crippen LogP contribution in [0.3, 0.4) is 0 Å². The molecule has 5 nitrogen and oxygen atoms in total. The van der Waals surface area contributed by atoms with E-state index in [1.165, 1.54) is 0 Å². The SMILES string of the molecule is CCCC(N)C(=O)N(C)Cc1cnn(-c2ccccc2)c1.Cl. The lowest BCUT2D eigenvalue weighted by atomic mass is 10.1. The number of para-hydroxylation sites is 1. The molecule has 0 fully saturated rings. The Morgan fingerprint density at radius 3 is 2.68 bits per heavy atom. The van der Waals surface area contributed by atoms with Crippen LogP contribution in [0.15, 0.2) is 42.7 Å². The predicted octanol–water partition coefficient (Wildman–Crippen LogP) is 2.38. The number of likely N-dealkylation sites (N-methyl/N-ethyl adjacent to an activating group) is 1. The lowest BCUT2D eigenvalue weighted by Crippen LogP contribution is -2.41. The summed E-state index contributed by atoms with van der Waals surface area (Å²) in [5, 5.41) is 4.33. The molecule has 22 heavy (non-hydrogen) atoms. The fraction of sp³-hybridized carbons (Fsp3) is 0.375. The zero-order valence-corrected chi connectivity index (χ0v) is 13.8. The maximum absolute atomic E-state index is 12.1. The first-order chi connectivity index (χ1) is 10.1. The number of halogens is 1. The third kappa shape index (κ3) is 4.58. The van der Waals surface area contributed by atoms with E-state index in [0.29, 0.717) is 13.0 Å². The highest BCUT2D eigenvalue weighted by molar-refractivity contribution is 5.85. The van der Waals surface area contributed by atoms with Crippen LogP contribution in [0.4, 0.5) is 0 Å². The topological polar surface area (TPSA) is 64.2 Å². The van der Waals surface area contributed by atoms with Crippen LogP contribution >= 0.6 is 12.4 Å². The number of nitrogens with two attached hydrogens (primary N) is 1. The van der Waals surface area contributed by atoms with Crippen molar-refractivity contribution in [3.63, 3.8) is 0 Å². The van der Waals surface area contributed by atoms with Crippen molar-refractivity contribution >= 4 is 18.3 Å². The fourth-order valence-electron chi connectivity index (χ4n) is 2.23. The molecule has 1 amide bonds. The molecule has 0 saturated heterocycles. The number of carbonyl (C=O) groups is 1. The van der Waals surface area contributed by atoms with Crippen molar-refractivity contribution in [2.24, 2.45) is 5.73 Å². The van der Waals surface area contributed by atoms with Gasteiger partial charge < -0.3 is 10.6 Å². The Labute approximate surface area is 137 Å². The highest BCUT2D eigenvalue weighted by Crippen LogP contribution is 2.10. The zero-order valence-electron chi connectivity index (χ0n) is 13.0. The standard InChI is InChI=1S/C16H22N4O.ClH/c1-3-7-15(17)16(21)19(2)11-13-10-18-20(12-13)14-8-5-4-6-9-14;/h4-6,8-10,12,15H,3,7,11,17H2,1-2H3;1H. The minimum atomic E-state index is -0.413. The molecule has 2 N–H and O–H groups in total. The average Bonchev–Trinajstić information content (AvgIpc) is 2.96. The van der Waals surface area contributed by atoms with Gasteiger partial charge in [-0.1, -0.05) is 31.5 Å². The molecule has 1 atom stereocenters. The van der Waals surface area contributed by atoms with E-state index in [-0.39, 0.29) is 18.3 Å². The minimum Gasteiger partial charge on any atom is -0.340 e. The summed E-state index contributed by atoms with van der Waals surface area (Å²) < 4.78 is 1.81. The lowest BCUT2D eigenvalue weighted by molar-refractivity contribution is -0.131. The number of carbonyl (C=O) groups excluding carboxylic acids is 1. The van der Waals surface area contributed by atoms with Crippen LogP contribution in [0, 0.1) is 0 Å². The molecular weight excluding hydrogens is 300 g/mol. The van der Waals surface area contributed by atoms with E-state index >= 15 is 0 Å². The smallest absolute Gasteiger partial charge is 0.239 e. The number of amides is 1. The van der Waals surface area contributed by atoms with E-state index in [4.69, 9.17) is 5.73 Å². The Morgan fingerprint density at radius 1 is 1.36 bits per heavy atom. The monoisotopic (exact) mass is 322 g/mol. The van der Waals surface area contributed by atoms with Crippen LogP contribution < -0.4 is 5.73 Å². The molecule has 2 rings (SSSR count). The summed E-state index contributed by atoms with van der Waals surface area (Å²) in [5.74, 6) is -0.0238. The number of benzene rings is 1. The molecule has 1 aromatic heterocycles. The second-order valence-corrected chi connectivity index (χ2v) is 5.22. The largest absolute Gasteiger partial charge is 0.340 e. The first-order valence-electron chi connectivity index (χ1n) is 7.21. The third-order valence-electron chi connectivity index (χ3n) is 3.37. The number of nitrogens with zero attached hydrogens (tertiary/aromatic N) is 3. The van der Waals surface area contributed by atoms with Crippen LogP contribution in [0.25, 0.3) is 5.69 Å². The second kappa shape index (κ2) is 8.56. The Hall–Kier alpha value is -1.85. The summed E-state index contributed by atoms with van der Waals surface area (Å²) in [4.78, 5) is 13.7. The molecule has 1 unspecified atom stereocenters. The summed E-state index contributed by atoms with van der Waals surface area (Å²) in [7, 11) is 1.78. The molecule has 2 aromatic rings. The summed E-state index contributed by atoms with van der Waals surface area (Å²) in [5.41, 5.74) is 7.85. The number of aromatic nitrogens is 2. The van der Waals surface area contributed by atoms with Gasteiger partial charge >= 0.3 is 0 Å². The normalized spacial score (nSPS) is 11.6. The average molecular weight is 323 g/mol. The van der Waals surface area contributed by atoms with E-state index in [0.717, 1.165) is 17.7 Å². The van der Waals surface area contributed by atoms with E-state index in [1.54, 1.807) is 22.8 Å². The molecule has 120 valence electrons. The third-order valence-corrected chi connectivity index (χ3v) is 3.37. The molecule has 0 bridgehead atoms. The van der Waals surface area contributed by atoms with Crippen molar-refractivity contribution in [2.45, 2.75) is 32.4 Å². The summed E-state index contributed by atoms with van der Waals surface area (Å²) in [6.07, 6.45) is 5.34.